The molecule has 2 rings (SSSR count). The van der Waals surface area contributed by atoms with E-state index in [2.05, 4.69) is 55.5 Å². The maximum absolute atomic E-state index is 11.0. The number of aliphatic hydroxyl groups excluding tert-OH is 1. The summed E-state index contributed by atoms with van der Waals surface area (Å²) in [4.78, 5) is 4.72. The van der Waals surface area contributed by atoms with Gasteiger partial charge < -0.3 is 19.6 Å². The van der Waals surface area contributed by atoms with Crippen molar-refractivity contribution in [1.29, 1.82) is 0 Å². The number of hydrogen-bond acceptors (Lipinski definition) is 4. The van der Waals surface area contributed by atoms with Gasteiger partial charge in [-0.05, 0) is 108 Å². The van der Waals surface area contributed by atoms with Crippen molar-refractivity contribution in [3.8, 4) is 0 Å². The van der Waals surface area contributed by atoms with Crippen molar-refractivity contribution >= 4 is 0 Å². The molecule has 0 spiro atoms. The third kappa shape index (κ3) is 20.4. The van der Waals surface area contributed by atoms with Gasteiger partial charge in [-0.25, -0.2) is 0 Å². The molecule has 0 bridgehead atoms. The van der Waals surface area contributed by atoms with Gasteiger partial charge in [-0.15, -0.1) is 0 Å². The Kier molecular flexibility index (Phi) is 20.8. The van der Waals surface area contributed by atoms with Gasteiger partial charge in [0.25, 0.3) is 0 Å². The molecule has 0 aromatic heterocycles. The van der Waals surface area contributed by atoms with E-state index in [0.717, 1.165) is 64.9 Å². The van der Waals surface area contributed by atoms with Crippen LogP contribution in [0.3, 0.4) is 0 Å². The van der Waals surface area contributed by atoms with Crippen LogP contribution in [-0.2, 0) is 4.74 Å². The molecular weight excluding hydrogens is 516 g/mol. The second-order valence-electron chi connectivity index (χ2n) is 13.3. The lowest BCUT2D eigenvalue weighted by Crippen LogP contribution is -2.35. The minimum absolute atomic E-state index is 0.243. The van der Waals surface area contributed by atoms with E-state index in [4.69, 9.17) is 4.74 Å². The topological polar surface area (TPSA) is 35.9 Å². The molecule has 1 unspecified atom stereocenters. The average molecular weight is 585 g/mol. The Labute approximate surface area is 261 Å². The molecule has 2 aliphatic carbocycles. The largest absolute Gasteiger partial charge is 0.498 e. The highest BCUT2D eigenvalue weighted by Gasteiger charge is 2.19. The van der Waals surface area contributed by atoms with E-state index in [9.17, 15) is 5.11 Å². The van der Waals surface area contributed by atoms with E-state index in [1.54, 1.807) is 11.1 Å². The van der Waals surface area contributed by atoms with Gasteiger partial charge in [-0.3, -0.25) is 0 Å². The van der Waals surface area contributed by atoms with Crippen molar-refractivity contribution < 1.29 is 9.84 Å². The van der Waals surface area contributed by atoms with E-state index in [1.165, 1.54) is 102 Å². The van der Waals surface area contributed by atoms with Crippen LogP contribution in [0.25, 0.3) is 0 Å². The average Bonchev–Trinajstić information content (AvgIpc) is 3.90. The Balaban J connectivity index is 1.66. The fraction of sp³-hybridized carbons (Fsp3) is 0.789. The predicted molar refractivity (Wildman–Crippen MR) is 182 cm³/mol. The van der Waals surface area contributed by atoms with Crippen molar-refractivity contribution in [2.24, 2.45) is 5.92 Å². The molecule has 2 saturated carbocycles. The standard InChI is InChI=1S/C38H68N2O2/c1-5-7-8-9-13-18-32-42-38(36-25-26-36)22-16-15-21-37(41)33-40(28-17-12-10-11-14-20-35-23-24-35)30-19-29-39(6-2)31-27-34(3)4/h6,20,27,31,34,37,41H,2,5,7-19,21-26,28-30,32-33H2,1,3-4H3/b31-27-. The molecule has 0 aromatic carbocycles. The predicted octanol–water partition coefficient (Wildman–Crippen LogP) is 10.3. The highest BCUT2D eigenvalue weighted by Crippen LogP contribution is 2.34. The van der Waals surface area contributed by atoms with Crippen LogP contribution in [0.4, 0.5) is 0 Å². The molecule has 0 aliphatic heterocycles. The summed E-state index contributed by atoms with van der Waals surface area (Å²) in [6, 6.07) is 0. The second-order valence-corrected chi connectivity index (χ2v) is 13.3. The molecule has 4 heteroatoms. The third-order valence-corrected chi connectivity index (χ3v) is 8.52. The first-order chi connectivity index (χ1) is 20.5. The molecule has 42 heavy (non-hydrogen) atoms. The molecule has 1 atom stereocenters. The van der Waals surface area contributed by atoms with Crippen molar-refractivity contribution in [1.82, 2.24) is 9.80 Å². The van der Waals surface area contributed by atoms with Crippen molar-refractivity contribution in [3.63, 3.8) is 0 Å². The van der Waals surface area contributed by atoms with Crippen LogP contribution < -0.4 is 0 Å². The first-order valence-corrected chi connectivity index (χ1v) is 18.0. The smallest absolute Gasteiger partial charge is 0.0951 e. The maximum atomic E-state index is 11.0. The zero-order chi connectivity index (χ0) is 30.3. The Bertz CT molecular complexity index is 772. The normalized spacial score (nSPS) is 15.1. The fourth-order valence-electron chi connectivity index (χ4n) is 5.52. The Morgan fingerprint density at radius 1 is 0.857 bits per heavy atom. The summed E-state index contributed by atoms with van der Waals surface area (Å²) in [5.74, 6) is 1.83. The maximum Gasteiger partial charge on any atom is 0.0951 e. The third-order valence-electron chi connectivity index (χ3n) is 8.52. The number of ether oxygens (including phenoxy) is 1. The second kappa shape index (κ2) is 23.9. The summed E-state index contributed by atoms with van der Waals surface area (Å²) < 4.78 is 6.23. The van der Waals surface area contributed by atoms with Crippen molar-refractivity contribution in [2.45, 2.75) is 155 Å². The molecule has 0 amide bonds. The first-order valence-electron chi connectivity index (χ1n) is 18.0. The van der Waals surface area contributed by atoms with Gasteiger partial charge in [0.1, 0.15) is 0 Å². The van der Waals surface area contributed by atoms with Gasteiger partial charge in [0.2, 0.25) is 0 Å². The van der Waals surface area contributed by atoms with E-state index in [-0.39, 0.29) is 6.10 Å². The number of rotatable bonds is 29. The van der Waals surface area contributed by atoms with Gasteiger partial charge in [-0.1, -0.05) is 96.4 Å². The van der Waals surface area contributed by atoms with Crippen LogP contribution in [0.1, 0.15) is 149 Å². The fourth-order valence-corrected chi connectivity index (χ4v) is 5.52. The highest BCUT2D eigenvalue weighted by molar-refractivity contribution is 5.21. The monoisotopic (exact) mass is 585 g/mol. The summed E-state index contributed by atoms with van der Waals surface area (Å²) in [6.45, 7) is 15.5. The van der Waals surface area contributed by atoms with Gasteiger partial charge >= 0.3 is 0 Å². The number of hydrogen-bond donors (Lipinski definition) is 1. The molecule has 2 aliphatic rings. The van der Waals surface area contributed by atoms with Crippen LogP contribution in [0.5, 0.6) is 0 Å². The van der Waals surface area contributed by atoms with E-state index < -0.39 is 0 Å². The number of unbranched alkanes of at least 4 members (excludes halogenated alkanes) is 10. The molecular formula is C38H68N2O2. The molecule has 0 aromatic rings. The number of nitrogens with zero attached hydrogens (tertiary/aromatic N) is 2. The molecule has 242 valence electrons. The zero-order valence-corrected chi connectivity index (χ0v) is 28.1. The lowest BCUT2D eigenvalue weighted by molar-refractivity contribution is 0.0996. The van der Waals surface area contributed by atoms with Gasteiger partial charge in [-0.2, -0.15) is 0 Å². The minimum atomic E-state index is -0.243. The molecule has 0 saturated heterocycles. The van der Waals surface area contributed by atoms with Gasteiger partial charge in [0.05, 0.1) is 18.5 Å². The van der Waals surface area contributed by atoms with Crippen molar-refractivity contribution in [2.75, 3.05) is 32.8 Å². The van der Waals surface area contributed by atoms with Crippen LogP contribution in [0.2, 0.25) is 0 Å². The molecule has 0 radical (unpaired) electrons. The molecule has 4 nitrogen and oxygen atoms in total. The van der Waals surface area contributed by atoms with Gasteiger partial charge in [0, 0.05) is 19.5 Å². The SMILES string of the molecule is C=CN(/C=C\C(C)C)CCCN(CCCCCCC=C1CC1)CC(O)CCCCC(OCCCCCCCC)=C1CC1. The number of allylic oxidation sites excluding steroid dienone is 5. The van der Waals surface area contributed by atoms with Crippen LogP contribution in [0, 0.1) is 5.92 Å². The summed E-state index contributed by atoms with van der Waals surface area (Å²) in [6.07, 6.45) is 33.2. The van der Waals surface area contributed by atoms with Crippen molar-refractivity contribution in [3.05, 3.63) is 48.0 Å². The van der Waals surface area contributed by atoms with Crippen LogP contribution in [-0.4, -0.2) is 53.8 Å². The Morgan fingerprint density at radius 2 is 1.57 bits per heavy atom. The van der Waals surface area contributed by atoms with Crippen LogP contribution in [0.15, 0.2) is 48.0 Å². The van der Waals surface area contributed by atoms with E-state index in [0.29, 0.717) is 5.92 Å². The molecule has 1 N–H and O–H groups in total. The lowest BCUT2D eigenvalue weighted by Gasteiger charge is -2.26. The summed E-state index contributed by atoms with van der Waals surface area (Å²) in [7, 11) is 0. The summed E-state index contributed by atoms with van der Waals surface area (Å²) in [5, 5.41) is 11.0. The zero-order valence-electron chi connectivity index (χ0n) is 28.1. The van der Waals surface area contributed by atoms with Crippen LogP contribution >= 0.6 is 0 Å². The molecule has 2 fully saturated rings. The number of aliphatic hydroxyl groups is 1. The van der Waals surface area contributed by atoms with E-state index >= 15 is 0 Å². The summed E-state index contributed by atoms with van der Waals surface area (Å²) in [5.41, 5.74) is 3.22. The van der Waals surface area contributed by atoms with Gasteiger partial charge in [0.15, 0.2) is 0 Å². The Morgan fingerprint density at radius 3 is 2.29 bits per heavy atom. The lowest BCUT2D eigenvalue weighted by atomic mass is 10.1. The quantitative estimate of drug-likeness (QED) is 0.0539. The highest BCUT2D eigenvalue weighted by atomic mass is 16.5. The van der Waals surface area contributed by atoms with E-state index in [1.807, 2.05) is 6.20 Å². The first kappa shape index (κ1) is 36.7. The minimum Gasteiger partial charge on any atom is -0.498 e. The summed E-state index contributed by atoms with van der Waals surface area (Å²) >= 11 is 0. The molecule has 0 heterocycles. The Hall–Kier alpha value is -1.52.